The van der Waals surface area contributed by atoms with E-state index in [0.717, 1.165) is 48.6 Å². The molecule has 0 aliphatic rings. The van der Waals surface area contributed by atoms with Crippen LogP contribution in [0.2, 0.25) is 0 Å². The summed E-state index contributed by atoms with van der Waals surface area (Å²) >= 11 is 8.09. The SMILES string of the molecule is CCn1nc(C)c2nc(CCl)n(CC(CC)(CC)SC)c21. The fourth-order valence-electron chi connectivity index (χ4n) is 2.87. The maximum atomic E-state index is 6.15. The van der Waals surface area contributed by atoms with Gasteiger partial charge in [-0.1, -0.05) is 13.8 Å². The number of alkyl halides is 1. The molecule has 2 heterocycles. The summed E-state index contributed by atoms with van der Waals surface area (Å²) in [5, 5.41) is 4.60. The van der Waals surface area contributed by atoms with Crippen LogP contribution in [-0.2, 0) is 19.0 Å². The van der Waals surface area contributed by atoms with Gasteiger partial charge in [0.1, 0.15) is 11.3 Å². The lowest BCUT2D eigenvalue weighted by atomic mass is 10.0. The van der Waals surface area contributed by atoms with E-state index in [1.807, 2.05) is 23.4 Å². The van der Waals surface area contributed by atoms with E-state index in [-0.39, 0.29) is 4.75 Å². The molecule has 2 aromatic rings. The molecule has 0 bridgehead atoms. The van der Waals surface area contributed by atoms with Gasteiger partial charge in [0.2, 0.25) is 0 Å². The van der Waals surface area contributed by atoms with Crippen LogP contribution in [0.1, 0.15) is 45.1 Å². The highest BCUT2D eigenvalue weighted by Crippen LogP contribution is 2.34. The first kappa shape index (κ1) is 16.7. The van der Waals surface area contributed by atoms with Crippen molar-refractivity contribution in [3.63, 3.8) is 0 Å². The number of halogens is 1. The largest absolute Gasteiger partial charge is 0.310 e. The number of aryl methyl sites for hydroxylation is 2. The number of hydrogen-bond acceptors (Lipinski definition) is 3. The lowest BCUT2D eigenvalue weighted by Gasteiger charge is -2.31. The van der Waals surface area contributed by atoms with E-state index in [9.17, 15) is 0 Å². The van der Waals surface area contributed by atoms with E-state index >= 15 is 0 Å². The average Bonchev–Trinajstić information content (AvgIpc) is 3.03. The van der Waals surface area contributed by atoms with Gasteiger partial charge in [-0.3, -0.25) is 0 Å². The predicted octanol–water partition coefficient (Wildman–Crippen LogP) is 4.22. The van der Waals surface area contributed by atoms with Crippen LogP contribution >= 0.6 is 23.4 Å². The van der Waals surface area contributed by atoms with Crippen molar-refractivity contribution in [2.75, 3.05) is 6.26 Å². The van der Waals surface area contributed by atoms with Gasteiger partial charge in [0.05, 0.1) is 11.6 Å². The van der Waals surface area contributed by atoms with Gasteiger partial charge >= 0.3 is 0 Å². The first-order valence-corrected chi connectivity index (χ1v) is 9.35. The molecular formula is C15H25ClN4S. The van der Waals surface area contributed by atoms with E-state index in [1.54, 1.807) is 0 Å². The maximum Gasteiger partial charge on any atom is 0.159 e. The van der Waals surface area contributed by atoms with Crippen molar-refractivity contribution in [1.82, 2.24) is 19.3 Å². The summed E-state index contributed by atoms with van der Waals surface area (Å²) < 4.78 is 4.56. The zero-order chi connectivity index (χ0) is 15.6. The number of hydrogen-bond donors (Lipinski definition) is 0. The Morgan fingerprint density at radius 1 is 1.24 bits per heavy atom. The molecular weight excluding hydrogens is 304 g/mol. The Balaban J connectivity index is 2.60. The molecule has 0 saturated heterocycles. The van der Waals surface area contributed by atoms with Gasteiger partial charge in [-0.15, -0.1) is 11.6 Å². The third-order valence-electron chi connectivity index (χ3n) is 4.46. The second-order valence-corrected chi connectivity index (χ2v) is 6.96. The highest BCUT2D eigenvalue weighted by molar-refractivity contribution is 8.00. The van der Waals surface area contributed by atoms with Crippen molar-refractivity contribution in [3.05, 3.63) is 11.5 Å². The summed E-state index contributed by atoms with van der Waals surface area (Å²) in [6, 6.07) is 0. The molecule has 2 aromatic heterocycles. The van der Waals surface area contributed by atoms with Crippen molar-refractivity contribution in [3.8, 4) is 0 Å². The summed E-state index contributed by atoms with van der Waals surface area (Å²) in [5.41, 5.74) is 3.10. The Morgan fingerprint density at radius 2 is 1.90 bits per heavy atom. The summed E-state index contributed by atoms with van der Waals surface area (Å²) in [5.74, 6) is 1.39. The minimum atomic E-state index is 0.227. The summed E-state index contributed by atoms with van der Waals surface area (Å²) in [7, 11) is 0. The number of thioether (sulfide) groups is 1. The summed E-state index contributed by atoms with van der Waals surface area (Å²) in [6.45, 7) is 10.4. The van der Waals surface area contributed by atoms with Gasteiger partial charge < -0.3 is 4.57 Å². The van der Waals surface area contributed by atoms with Gasteiger partial charge in [-0.05, 0) is 32.9 Å². The van der Waals surface area contributed by atoms with Gasteiger partial charge in [0, 0.05) is 17.8 Å². The van der Waals surface area contributed by atoms with Crippen molar-refractivity contribution >= 4 is 34.5 Å². The molecule has 0 saturated carbocycles. The predicted molar refractivity (Wildman–Crippen MR) is 92.3 cm³/mol. The standard InChI is InChI=1S/C15H25ClN4S/c1-6-15(7-2,21-5)10-19-12(9-16)17-13-11(4)18-20(8-3)14(13)19/h6-10H2,1-5H3. The van der Waals surface area contributed by atoms with Crippen LogP contribution < -0.4 is 0 Å². The minimum absolute atomic E-state index is 0.227. The molecule has 2 rings (SSSR count). The molecule has 0 atom stereocenters. The van der Waals surface area contributed by atoms with E-state index in [0.29, 0.717) is 5.88 Å². The maximum absolute atomic E-state index is 6.15. The third kappa shape index (κ3) is 2.82. The highest BCUT2D eigenvalue weighted by atomic mass is 35.5. The van der Waals surface area contributed by atoms with Gasteiger partial charge in [0.15, 0.2) is 5.65 Å². The number of rotatable bonds is 7. The Morgan fingerprint density at radius 3 is 2.38 bits per heavy atom. The lowest BCUT2D eigenvalue weighted by Crippen LogP contribution is -2.30. The molecule has 21 heavy (non-hydrogen) atoms. The second-order valence-electron chi connectivity index (χ2n) is 5.42. The quantitative estimate of drug-likeness (QED) is 0.714. The molecule has 6 heteroatoms. The smallest absolute Gasteiger partial charge is 0.159 e. The molecule has 118 valence electrons. The molecule has 0 aliphatic heterocycles. The van der Waals surface area contributed by atoms with Crippen molar-refractivity contribution in [1.29, 1.82) is 0 Å². The molecule has 0 aromatic carbocycles. The zero-order valence-electron chi connectivity index (χ0n) is 13.6. The van der Waals surface area contributed by atoms with Crippen LogP contribution in [0.15, 0.2) is 0 Å². The summed E-state index contributed by atoms with van der Waals surface area (Å²) in [4.78, 5) is 4.72. The Hall–Kier alpha value is -0.680. The first-order chi connectivity index (χ1) is 10.1. The lowest BCUT2D eigenvalue weighted by molar-refractivity contribution is 0.459. The monoisotopic (exact) mass is 328 g/mol. The van der Waals surface area contributed by atoms with Crippen LogP contribution in [0.4, 0.5) is 0 Å². The van der Waals surface area contributed by atoms with Crippen LogP contribution in [0.5, 0.6) is 0 Å². The number of aromatic nitrogens is 4. The fourth-order valence-corrected chi connectivity index (χ4v) is 3.91. The van der Waals surface area contributed by atoms with Crippen molar-refractivity contribution in [2.24, 2.45) is 0 Å². The molecule has 0 radical (unpaired) electrons. The molecule has 0 N–H and O–H groups in total. The molecule has 0 spiro atoms. The van der Waals surface area contributed by atoms with Crippen LogP contribution in [-0.4, -0.2) is 30.3 Å². The summed E-state index contributed by atoms with van der Waals surface area (Å²) in [6.07, 6.45) is 4.46. The van der Waals surface area contributed by atoms with E-state index in [1.165, 1.54) is 0 Å². The van der Waals surface area contributed by atoms with Crippen LogP contribution in [0, 0.1) is 6.92 Å². The van der Waals surface area contributed by atoms with E-state index < -0.39 is 0 Å². The molecule has 0 unspecified atom stereocenters. The van der Waals surface area contributed by atoms with E-state index in [4.69, 9.17) is 16.6 Å². The normalized spacial score (nSPS) is 12.5. The van der Waals surface area contributed by atoms with Gasteiger partial charge in [0.25, 0.3) is 0 Å². The highest BCUT2D eigenvalue weighted by Gasteiger charge is 2.29. The van der Waals surface area contributed by atoms with Gasteiger partial charge in [-0.2, -0.15) is 16.9 Å². The Kier molecular flexibility index (Phi) is 5.25. The fraction of sp³-hybridized carbons (Fsp3) is 0.733. The number of nitrogens with zero attached hydrogens (tertiary/aromatic N) is 4. The first-order valence-electron chi connectivity index (χ1n) is 7.59. The van der Waals surface area contributed by atoms with E-state index in [2.05, 4.69) is 36.7 Å². The molecule has 4 nitrogen and oxygen atoms in total. The van der Waals surface area contributed by atoms with Crippen LogP contribution in [0.3, 0.4) is 0 Å². The minimum Gasteiger partial charge on any atom is -0.310 e. The Labute approximate surface area is 136 Å². The molecule has 0 amide bonds. The Bertz CT molecular complexity index is 604. The third-order valence-corrected chi connectivity index (χ3v) is 6.28. The van der Waals surface area contributed by atoms with Gasteiger partial charge in [-0.25, -0.2) is 9.67 Å². The van der Waals surface area contributed by atoms with Crippen LogP contribution in [0.25, 0.3) is 11.2 Å². The van der Waals surface area contributed by atoms with Crippen molar-refractivity contribution < 1.29 is 0 Å². The second kappa shape index (κ2) is 6.61. The number of imidazole rings is 1. The average molecular weight is 329 g/mol. The number of fused-ring (bicyclic) bond motifs is 1. The molecule has 0 fully saturated rings. The van der Waals surface area contributed by atoms with Crippen molar-refractivity contribution in [2.45, 2.75) is 64.3 Å². The molecule has 0 aliphatic carbocycles. The zero-order valence-corrected chi connectivity index (χ0v) is 15.2. The topological polar surface area (TPSA) is 35.6 Å².